The lowest BCUT2D eigenvalue weighted by atomic mass is 9.83. The Kier molecular flexibility index (Phi) is 11.2. The van der Waals surface area contributed by atoms with Crippen molar-refractivity contribution in [1.82, 2.24) is 9.55 Å². The van der Waals surface area contributed by atoms with Crippen molar-refractivity contribution >= 4 is 44.6 Å². The number of benzene rings is 7. The van der Waals surface area contributed by atoms with E-state index in [1.54, 1.807) is 6.07 Å². The fourth-order valence-corrected chi connectivity index (χ4v) is 9.64. The number of hydrogen-bond acceptors (Lipinski definition) is 4. The van der Waals surface area contributed by atoms with Crippen LogP contribution in [0.4, 0.5) is 44.7 Å². The molecule has 0 aliphatic carbocycles. The third-order valence-corrected chi connectivity index (χ3v) is 13.3. The number of para-hydroxylation sites is 4. The van der Waals surface area contributed by atoms with Crippen molar-refractivity contribution in [2.75, 3.05) is 16.5 Å². The van der Waals surface area contributed by atoms with E-state index in [9.17, 15) is 4.39 Å². The van der Waals surface area contributed by atoms with Gasteiger partial charge < -0.3 is 14.5 Å². The van der Waals surface area contributed by atoms with E-state index in [0.717, 1.165) is 55.7 Å². The van der Waals surface area contributed by atoms with Crippen LogP contribution in [-0.4, -0.2) is 16.2 Å². The standard InChI is InChI=1S/C60H53F5N4O/c1-58(2,3)37-23-21-35(22-24-37)36-29-39(32-41(30-36)70-40-25-26-43-42-15-10-11-18-46(42)69(49(43)33-40)50-31-38(27-28-66-50)59(4,5)6)67-34-68(48-20-13-12-19-47(48)67)57-44(16-14-17-45(57)60(7,8)9)51-52(61)54(63)56(65)55(64)53(51)62/h10-33H,34H2,1-9H3. The normalized spacial score (nSPS) is 13.2. The van der Waals surface area contributed by atoms with Gasteiger partial charge in [0.15, 0.2) is 23.3 Å². The number of ether oxygens (including phenoxy) is 1. The van der Waals surface area contributed by atoms with Crippen LogP contribution in [0.3, 0.4) is 0 Å². The van der Waals surface area contributed by atoms with Crippen molar-refractivity contribution in [3.8, 4) is 39.6 Å². The Morgan fingerprint density at radius 1 is 0.486 bits per heavy atom. The predicted molar refractivity (Wildman–Crippen MR) is 274 cm³/mol. The van der Waals surface area contributed by atoms with Crippen LogP contribution >= 0.6 is 0 Å². The summed E-state index contributed by atoms with van der Waals surface area (Å²) in [6, 6.07) is 45.6. The van der Waals surface area contributed by atoms with Crippen LogP contribution in [0.2, 0.25) is 0 Å². The molecule has 7 aromatic carbocycles. The Morgan fingerprint density at radius 2 is 1.11 bits per heavy atom. The maximum atomic E-state index is 15.9. The molecule has 0 saturated heterocycles. The Morgan fingerprint density at radius 3 is 1.79 bits per heavy atom. The summed E-state index contributed by atoms with van der Waals surface area (Å²) in [4.78, 5) is 8.83. The number of pyridine rings is 1. The molecule has 0 fully saturated rings. The summed E-state index contributed by atoms with van der Waals surface area (Å²) in [6.45, 7) is 19.0. The highest BCUT2D eigenvalue weighted by Crippen LogP contribution is 2.52. The number of rotatable bonds is 7. The van der Waals surface area contributed by atoms with Gasteiger partial charge in [-0.1, -0.05) is 135 Å². The lowest BCUT2D eigenvalue weighted by Crippen LogP contribution is -2.27. The van der Waals surface area contributed by atoms with Crippen molar-refractivity contribution in [3.05, 3.63) is 191 Å². The molecule has 10 rings (SSSR count). The van der Waals surface area contributed by atoms with Crippen molar-refractivity contribution in [1.29, 1.82) is 0 Å². The number of aromatic nitrogens is 2. The zero-order chi connectivity index (χ0) is 49.6. The molecular weight excluding hydrogens is 888 g/mol. The van der Waals surface area contributed by atoms with Gasteiger partial charge in [-0.15, -0.1) is 0 Å². The van der Waals surface area contributed by atoms with Crippen LogP contribution in [0, 0.1) is 29.1 Å². The average Bonchev–Trinajstić information content (AvgIpc) is 3.88. The quantitative estimate of drug-likeness (QED) is 0.0906. The van der Waals surface area contributed by atoms with Crippen molar-refractivity contribution < 1.29 is 26.7 Å². The topological polar surface area (TPSA) is 33.5 Å². The summed E-state index contributed by atoms with van der Waals surface area (Å²) >= 11 is 0. The Bertz CT molecular complexity index is 3490. The molecule has 0 saturated carbocycles. The van der Waals surface area contributed by atoms with Crippen molar-refractivity contribution in [3.63, 3.8) is 0 Å². The van der Waals surface area contributed by atoms with Crippen LogP contribution in [0.25, 0.3) is 49.9 Å². The molecule has 0 amide bonds. The highest BCUT2D eigenvalue weighted by Gasteiger charge is 2.36. The van der Waals surface area contributed by atoms with Gasteiger partial charge in [-0.3, -0.25) is 4.57 Å². The molecule has 9 aromatic rings. The first-order valence-corrected chi connectivity index (χ1v) is 23.4. The minimum Gasteiger partial charge on any atom is -0.457 e. The SMILES string of the molecule is CC(C)(C)c1ccc(-c2cc(Oc3ccc4c5ccccc5n(-c5cc(C(C)(C)C)ccn5)c4c3)cc(N3CN(c4c(-c5c(F)c(F)c(F)c(F)c5F)cccc4C(C)(C)C)c4ccccc43)c2)cc1. The molecule has 5 nitrogen and oxygen atoms in total. The van der Waals surface area contributed by atoms with Crippen molar-refractivity contribution in [2.45, 2.75) is 78.6 Å². The maximum Gasteiger partial charge on any atom is 0.200 e. The van der Waals surface area contributed by atoms with Crippen LogP contribution in [0.5, 0.6) is 11.5 Å². The summed E-state index contributed by atoms with van der Waals surface area (Å²) in [5.74, 6) is -8.05. The van der Waals surface area contributed by atoms with Crippen LogP contribution in [0.1, 0.15) is 79.0 Å². The third kappa shape index (κ3) is 8.02. The Hall–Kier alpha value is -7.46. The summed E-state index contributed by atoms with van der Waals surface area (Å²) in [6.07, 6.45) is 1.86. The molecule has 1 aliphatic heterocycles. The highest BCUT2D eigenvalue weighted by atomic mass is 19.2. The van der Waals surface area contributed by atoms with Gasteiger partial charge in [-0.25, -0.2) is 26.9 Å². The molecule has 0 radical (unpaired) electrons. The van der Waals surface area contributed by atoms with Gasteiger partial charge in [0.05, 0.1) is 33.7 Å². The number of halogens is 5. The Labute approximate surface area is 405 Å². The monoisotopic (exact) mass is 940 g/mol. The Balaban J connectivity index is 1.13. The second kappa shape index (κ2) is 16.9. The lowest BCUT2D eigenvalue weighted by Gasteiger charge is -2.32. The number of hydrogen-bond donors (Lipinski definition) is 0. The molecule has 70 heavy (non-hydrogen) atoms. The average molecular weight is 941 g/mol. The zero-order valence-corrected chi connectivity index (χ0v) is 40.7. The first kappa shape index (κ1) is 46.3. The maximum absolute atomic E-state index is 15.9. The van der Waals surface area contributed by atoms with Gasteiger partial charge in [0.25, 0.3) is 0 Å². The predicted octanol–water partition coefficient (Wildman–Crippen LogP) is 17.1. The molecule has 0 N–H and O–H groups in total. The van der Waals surface area contributed by atoms with Gasteiger partial charge in [0, 0.05) is 40.4 Å². The van der Waals surface area contributed by atoms with Gasteiger partial charge in [0.2, 0.25) is 5.82 Å². The minimum absolute atomic E-state index is 0.0679. The van der Waals surface area contributed by atoms with E-state index >= 15 is 17.6 Å². The first-order valence-electron chi connectivity index (χ1n) is 23.4. The molecule has 0 spiro atoms. The van der Waals surface area contributed by atoms with E-state index in [4.69, 9.17) is 9.72 Å². The molecule has 354 valence electrons. The van der Waals surface area contributed by atoms with E-state index in [2.05, 4.69) is 112 Å². The lowest BCUT2D eigenvalue weighted by molar-refractivity contribution is 0.381. The second-order valence-electron chi connectivity index (χ2n) is 21.2. The molecule has 0 atom stereocenters. The van der Waals surface area contributed by atoms with Crippen molar-refractivity contribution in [2.24, 2.45) is 0 Å². The van der Waals surface area contributed by atoms with E-state index in [-0.39, 0.29) is 23.1 Å². The fraction of sp³-hybridized carbons (Fsp3) is 0.217. The van der Waals surface area contributed by atoms with Crippen LogP contribution in [-0.2, 0) is 16.2 Å². The molecule has 2 aromatic heterocycles. The molecule has 0 unspecified atom stereocenters. The third-order valence-electron chi connectivity index (χ3n) is 13.3. The smallest absolute Gasteiger partial charge is 0.200 e. The summed E-state index contributed by atoms with van der Waals surface area (Å²) < 4.78 is 85.3. The summed E-state index contributed by atoms with van der Waals surface area (Å²) in [5, 5.41) is 2.14. The van der Waals surface area contributed by atoms with Gasteiger partial charge in [0.1, 0.15) is 24.0 Å². The summed E-state index contributed by atoms with van der Waals surface area (Å²) in [5.41, 5.74) is 7.37. The number of fused-ring (bicyclic) bond motifs is 4. The fourth-order valence-electron chi connectivity index (χ4n) is 9.64. The molecule has 1 aliphatic rings. The second-order valence-corrected chi connectivity index (χ2v) is 21.2. The van der Waals surface area contributed by atoms with Gasteiger partial charge in [-0.2, -0.15) is 0 Å². The minimum atomic E-state index is -2.21. The van der Waals surface area contributed by atoms with E-state index in [1.807, 2.05) is 98.6 Å². The first-order chi connectivity index (χ1) is 33.2. The van der Waals surface area contributed by atoms with Gasteiger partial charge in [-0.05, 0) is 98.7 Å². The van der Waals surface area contributed by atoms with Crippen LogP contribution < -0.4 is 14.5 Å². The zero-order valence-electron chi connectivity index (χ0n) is 40.7. The molecular formula is C60H53F5N4O. The molecule has 10 heteroatoms. The number of nitrogens with zero attached hydrogens (tertiary/aromatic N) is 4. The van der Waals surface area contributed by atoms with Gasteiger partial charge >= 0.3 is 0 Å². The van der Waals surface area contributed by atoms with E-state index in [0.29, 0.717) is 28.4 Å². The largest absolute Gasteiger partial charge is 0.457 e. The summed E-state index contributed by atoms with van der Waals surface area (Å²) in [7, 11) is 0. The van der Waals surface area contributed by atoms with E-state index < -0.39 is 40.1 Å². The molecule has 0 bridgehead atoms. The van der Waals surface area contributed by atoms with Crippen LogP contribution in [0.15, 0.2) is 146 Å². The van der Waals surface area contributed by atoms with E-state index in [1.165, 1.54) is 11.6 Å². The highest BCUT2D eigenvalue weighted by molar-refractivity contribution is 6.09. The number of anilines is 4. The molecule has 3 heterocycles.